The van der Waals surface area contributed by atoms with E-state index in [0.29, 0.717) is 27.8 Å². The van der Waals surface area contributed by atoms with Crippen LogP contribution in [0.1, 0.15) is 43.4 Å². The second-order valence-corrected chi connectivity index (χ2v) is 13.6. The number of carbonyl (C=O) groups is 2. The van der Waals surface area contributed by atoms with E-state index in [0.717, 1.165) is 15.4 Å². The predicted octanol–water partition coefficient (Wildman–Crippen LogP) is 7.09. The number of halogens is 2. The molecule has 0 aliphatic carbocycles. The lowest BCUT2D eigenvalue weighted by Gasteiger charge is -2.34. The van der Waals surface area contributed by atoms with Crippen molar-refractivity contribution in [2.45, 2.75) is 50.6 Å². The standard InChI is InChI=1S/C35H37Cl2N3O4S/c1-4-38-35(42)33(22-26-12-7-5-8-13-26)39(23-30-31(36)16-11-17-32(30)37)34(41)24-40(28-20-18-27(19-21-28)25(2)3)45(43,44)29-14-9-6-10-15-29/h5-21,25,33H,4,22-24H2,1-3H3,(H,38,42)/t33-/m1/s1. The molecule has 0 saturated heterocycles. The Labute approximate surface area is 275 Å². The van der Waals surface area contributed by atoms with Gasteiger partial charge in [0.2, 0.25) is 11.8 Å². The lowest BCUT2D eigenvalue weighted by molar-refractivity contribution is -0.140. The zero-order valence-electron chi connectivity index (χ0n) is 25.5. The SMILES string of the molecule is CCNC(=O)[C@@H](Cc1ccccc1)N(Cc1c(Cl)cccc1Cl)C(=O)CN(c1ccc(C(C)C)cc1)S(=O)(=O)c1ccccc1. The highest BCUT2D eigenvalue weighted by atomic mass is 35.5. The molecule has 0 aliphatic heterocycles. The van der Waals surface area contributed by atoms with Crippen molar-refractivity contribution >= 4 is 50.7 Å². The van der Waals surface area contributed by atoms with Crippen molar-refractivity contribution in [1.82, 2.24) is 10.2 Å². The van der Waals surface area contributed by atoms with Gasteiger partial charge in [-0.05, 0) is 60.4 Å². The number of hydrogen-bond donors (Lipinski definition) is 1. The summed E-state index contributed by atoms with van der Waals surface area (Å²) >= 11 is 13.1. The quantitative estimate of drug-likeness (QED) is 0.165. The summed E-state index contributed by atoms with van der Waals surface area (Å²) in [6.45, 7) is 5.55. The van der Waals surface area contributed by atoms with Crippen LogP contribution in [0.2, 0.25) is 10.0 Å². The number of likely N-dealkylation sites (N-methyl/N-ethyl adjacent to an activating group) is 1. The molecule has 1 N–H and O–H groups in total. The minimum absolute atomic E-state index is 0.0380. The van der Waals surface area contributed by atoms with E-state index >= 15 is 0 Å². The number of sulfonamides is 1. The van der Waals surface area contributed by atoms with Gasteiger partial charge in [0.1, 0.15) is 12.6 Å². The summed E-state index contributed by atoms with van der Waals surface area (Å²) in [5.74, 6) is -0.742. The predicted molar refractivity (Wildman–Crippen MR) is 181 cm³/mol. The van der Waals surface area contributed by atoms with E-state index in [2.05, 4.69) is 5.32 Å². The van der Waals surface area contributed by atoms with E-state index in [1.54, 1.807) is 55.5 Å². The van der Waals surface area contributed by atoms with E-state index < -0.39 is 28.5 Å². The van der Waals surface area contributed by atoms with Crippen molar-refractivity contribution in [3.05, 3.63) is 130 Å². The summed E-state index contributed by atoms with van der Waals surface area (Å²) in [5, 5.41) is 3.50. The van der Waals surface area contributed by atoms with Gasteiger partial charge in [0, 0.05) is 35.1 Å². The van der Waals surface area contributed by atoms with Crippen LogP contribution in [0.25, 0.3) is 0 Å². The van der Waals surface area contributed by atoms with Gasteiger partial charge >= 0.3 is 0 Å². The van der Waals surface area contributed by atoms with Crippen LogP contribution in [0.4, 0.5) is 5.69 Å². The summed E-state index contributed by atoms with van der Waals surface area (Å²) in [7, 11) is -4.19. The average Bonchev–Trinajstić information content (AvgIpc) is 3.03. The van der Waals surface area contributed by atoms with Crippen LogP contribution in [0.5, 0.6) is 0 Å². The number of anilines is 1. The second kappa shape index (κ2) is 15.4. The minimum Gasteiger partial charge on any atom is -0.355 e. The first kappa shape index (κ1) is 34.0. The highest BCUT2D eigenvalue weighted by Gasteiger charge is 2.35. The first-order valence-corrected chi connectivity index (χ1v) is 16.9. The van der Waals surface area contributed by atoms with Gasteiger partial charge in [-0.25, -0.2) is 8.42 Å². The number of carbonyl (C=O) groups excluding carboxylic acids is 2. The number of rotatable bonds is 13. The molecule has 1 atom stereocenters. The van der Waals surface area contributed by atoms with Gasteiger partial charge in [-0.15, -0.1) is 0 Å². The van der Waals surface area contributed by atoms with E-state index in [1.165, 1.54) is 17.0 Å². The van der Waals surface area contributed by atoms with Crippen molar-refractivity contribution in [1.29, 1.82) is 0 Å². The van der Waals surface area contributed by atoms with Crippen molar-refractivity contribution in [2.24, 2.45) is 0 Å². The normalized spacial score (nSPS) is 12.0. The van der Waals surface area contributed by atoms with Gasteiger partial charge in [-0.3, -0.25) is 13.9 Å². The number of nitrogens with zero attached hydrogens (tertiary/aromatic N) is 2. The molecular weight excluding hydrogens is 629 g/mol. The molecule has 0 unspecified atom stereocenters. The maximum absolute atomic E-state index is 14.5. The van der Waals surface area contributed by atoms with Gasteiger partial charge in [0.15, 0.2) is 0 Å². The highest BCUT2D eigenvalue weighted by Crippen LogP contribution is 2.29. The first-order valence-electron chi connectivity index (χ1n) is 14.7. The summed E-state index contributed by atoms with van der Waals surface area (Å²) in [6.07, 6.45) is 0.189. The molecule has 0 heterocycles. The van der Waals surface area contributed by atoms with Crippen molar-refractivity contribution < 1.29 is 18.0 Å². The zero-order chi connectivity index (χ0) is 32.6. The molecule has 0 spiro atoms. The number of nitrogens with one attached hydrogen (secondary N) is 1. The Morgan fingerprint density at radius 3 is 1.93 bits per heavy atom. The summed E-state index contributed by atoms with van der Waals surface area (Å²) in [6, 6.07) is 28.4. The lowest BCUT2D eigenvalue weighted by atomic mass is 10.0. The molecule has 45 heavy (non-hydrogen) atoms. The molecule has 7 nitrogen and oxygen atoms in total. The topological polar surface area (TPSA) is 86.8 Å². The van der Waals surface area contributed by atoms with Gasteiger partial charge < -0.3 is 10.2 Å². The molecule has 0 radical (unpaired) electrons. The monoisotopic (exact) mass is 665 g/mol. The van der Waals surface area contributed by atoms with Gasteiger partial charge in [-0.2, -0.15) is 0 Å². The molecule has 236 valence electrons. The molecule has 2 amide bonds. The first-order chi connectivity index (χ1) is 21.5. The Morgan fingerprint density at radius 2 is 1.38 bits per heavy atom. The molecule has 0 bridgehead atoms. The van der Waals surface area contributed by atoms with Crippen molar-refractivity contribution in [3.63, 3.8) is 0 Å². The second-order valence-electron chi connectivity index (χ2n) is 10.9. The molecule has 0 aliphatic rings. The van der Waals surface area contributed by atoms with Crippen LogP contribution in [0.3, 0.4) is 0 Å². The van der Waals surface area contributed by atoms with Crippen LogP contribution >= 0.6 is 23.2 Å². The van der Waals surface area contributed by atoms with Crippen molar-refractivity contribution in [2.75, 3.05) is 17.4 Å². The molecular formula is C35H37Cl2N3O4S. The largest absolute Gasteiger partial charge is 0.355 e. The van der Waals surface area contributed by atoms with Gasteiger partial charge in [0.25, 0.3) is 10.0 Å². The zero-order valence-corrected chi connectivity index (χ0v) is 27.8. The Hall–Kier alpha value is -3.85. The minimum atomic E-state index is -4.19. The fourth-order valence-corrected chi connectivity index (χ4v) is 6.93. The average molecular weight is 667 g/mol. The maximum atomic E-state index is 14.5. The third kappa shape index (κ3) is 8.45. The van der Waals surface area contributed by atoms with E-state index in [-0.39, 0.29) is 29.7 Å². The summed E-state index contributed by atoms with van der Waals surface area (Å²) in [4.78, 5) is 29.5. The van der Waals surface area contributed by atoms with E-state index in [9.17, 15) is 18.0 Å². The Kier molecular flexibility index (Phi) is 11.7. The fraction of sp³-hybridized carbons (Fsp3) is 0.257. The van der Waals surface area contributed by atoms with Gasteiger partial charge in [-0.1, -0.05) is 104 Å². The Morgan fingerprint density at radius 1 is 0.800 bits per heavy atom. The molecule has 4 aromatic carbocycles. The molecule has 4 rings (SSSR count). The van der Waals surface area contributed by atoms with E-state index in [4.69, 9.17) is 23.2 Å². The lowest BCUT2D eigenvalue weighted by Crippen LogP contribution is -2.53. The molecule has 0 fully saturated rings. The molecule has 10 heteroatoms. The third-order valence-corrected chi connectivity index (χ3v) is 9.97. The fourth-order valence-electron chi connectivity index (χ4n) is 4.97. The van der Waals surface area contributed by atoms with E-state index in [1.807, 2.05) is 56.3 Å². The third-order valence-electron chi connectivity index (χ3n) is 7.47. The number of hydrogen-bond acceptors (Lipinski definition) is 4. The molecule has 0 saturated carbocycles. The summed E-state index contributed by atoms with van der Waals surface area (Å²) < 4.78 is 29.3. The Bertz CT molecular complexity index is 1680. The van der Waals surface area contributed by atoms with Crippen LogP contribution in [0.15, 0.2) is 108 Å². The highest BCUT2D eigenvalue weighted by molar-refractivity contribution is 7.92. The molecule has 0 aromatic heterocycles. The molecule has 4 aromatic rings. The van der Waals surface area contributed by atoms with Gasteiger partial charge in [0.05, 0.1) is 10.6 Å². The van der Waals surface area contributed by atoms with Crippen LogP contribution in [-0.2, 0) is 32.6 Å². The maximum Gasteiger partial charge on any atom is 0.264 e. The van der Waals surface area contributed by atoms with Crippen molar-refractivity contribution in [3.8, 4) is 0 Å². The summed E-state index contributed by atoms with van der Waals surface area (Å²) in [5.41, 5.74) is 2.63. The van der Waals surface area contributed by atoms with Crippen LogP contribution in [-0.4, -0.2) is 44.3 Å². The van der Waals surface area contributed by atoms with Crippen LogP contribution in [0, 0.1) is 0 Å². The van der Waals surface area contributed by atoms with Crippen LogP contribution < -0.4 is 9.62 Å². The number of benzene rings is 4. The number of amides is 2. The Balaban J connectivity index is 1.83. The smallest absolute Gasteiger partial charge is 0.264 e.